The first-order valence-corrected chi connectivity index (χ1v) is 9.06. The van der Waals surface area contributed by atoms with Gasteiger partial charge in [0.2, 0.25) is 0 Å². The van der Waals surface area contributed by atoms with Crippen molar-refractivity contribution in [1.82, 2.24) is 5.32 Å². The summed E-state index contributed by atoms with van der Waals surface area (Å²) in [5.74, 6) is 1.26. The molecule has 0 aromatic heterocycles. The van der Waals surface area contributed by atoms with E-state index in [9.17, 15) is 9.90 Å². The summed E-state index contributed by atoms with van der Waals surface area (Å²) in [7, 11) is 0. The molecule has 138 valence electrons. The summed E-state index contributed by atoms with van der Waals surface area (Å²) in [6.45, 7) is 0.503. The summed E-state index contributed by atoms with van der Waals surface area (Å²) in [5.41, 5.74) is 1.11. The normalized spacial score (nSPS) is 19.6. The van der Waals surface area contributed by atoms with Crippen molar-refractivity contribution in [1.29, 1.82) is 0 Å². The van der Waals surface area contributed by atoms with Crippen molar-refractivity contribution in [3.8, 4) is 11.5 Å². The molecule has 2 aromatic rings. The second-order valence-electron chi connectivity index (χ2n) is 6.61. The molecule has 26 heavy (non-hydrogen) atoms. The Labute approximate surface area is 153 Å². The number of carbonyl (C=O) groups is 1. The molecular weight excluding hydrogens is 330 g/mol. The molecule has 0 saturated heterocycles. The van der Waals surface area contributed by atoms with Gasteiger partial charge in [-0.15, -0.1) is 0 Å². The van der Waals surface area contributed by atoms with Crippen LogP contribution in [0, 0.1) is 0 Å². The number of nitrogens with one attached hydrogen (secondary N) is 1. The number of rotatable bonds is 7. The lowest BCUT2D eigenvalue weighted by molar-refractivity contribution is -0.124. The predicted octanol–water partition coefficient (Wildman–Crippen LogP) is 3.06. The number of hydrogen-bond acceptors (Lipinski definition) is 4. The van der Waals surface area contributed by atoms with Gasteiger partial charge in [-0.25, -0.2) is 0 Å². The molecule has 0 radical (unpaired) electrons. The molecule has 0 aliphatic heterocycles. The summed E-state index contributed by atoms with van der Waals surface area (Å²) in [6, 6.07) is 17.4. The lowest BCUT2D eigenvalue weighted by atomic mass is 9.93. The van der Waals surface area contributed by atoms with Gasteiger partial charge in [-0.1, -0.05) is 30.3 Å². The van der Waals surface area contributed by atoms with Gasteiger partial charge >= 0.3 is 0 Å². The van der Waals surface area contributed by atoms with E-state index >= 15 is 0 Å². The molecule has 0 unspecified atom stereocenters. The van der Waals surface area contributed by atoms with Crippen molar-refractivity contribution in [2.45, 2.75) is 44.4 Å². The van der Waals surface area contributed by atoms with Crippen LogP contribution in [-0.2, 0) is 11.4 Å². The first-order valence-electron chi connectivity index (χ1n) is 9.06. The highest BCUT2D eigenvalue weighted by atomic mass is 16.5. The number of benzene rings is 2. The van der Waals surface area contributed by atoms with Crippen LogP contribution in [0.4, 0.5) is 0 Å². The van der Waals surface area contributed by atoms with Crippen molar-refractivity contribution in [3.05, 3.63) is 60.2 Å². The monoisotopic (exact) mass is 355 g/mol. The summed E-state index contributed by atoms with van der Waals surface area (Å²) >= 11 is 0. The van der Waals surface area contributed by atoms with Gasteiger partial charge in [-0.3, -0.25) is 4.79 Å². The van der Waals surface area contributed by atoms with E-state index in [4.69, 9.17) is 9.47 Å². The molecule has 2 N–H and O–H groups in total. The minimum atomic E-state index is -0.220. The van der Waals surface area contributed by atoms with Gasteiger partial charge in [0.05, 0.1) is 6.10 Å². The highest BCUT2D eigenvalue weighted by molar-refractivity contribution is 5.77. The van der Waals surface area contributed by atoms with E-state index in [1.165, 1.54) is 0 Å². The van der Waals surface area contributed by atoms with Gasteiger partial charge < -0.3 is 19.9 Å². The molecule has 5 nitrogen and oxygen atoms in total. The Hall–Kier alpha value is -2.53. The van der Waals surface area contributed by atoms with Crippen LogP contribution in [0.5, 0.6) is 11.5 Å². The third-order valence-electron chi connectivity index (χ3n) is 4.50. The summed E-state index contributed by atoms with van der Waals surface area (Å²) in [5, 5.41) is 12.5. The van der Waals surface area contributed by atoms with Crippen molar-refractivity contribution < 1.29 is 19.4 Å². The summed E-state index contributed by atoms with van der Waals surface area (Å²) in [6.07, 6.45) is 2.91. The Morgan fingerprint density at radius 2 is 1.54 bits per heavy atom. The number of aliphatic hydroxyl groups is 1. The molecule has 2 aromatic carbocycles. The highest BCUT2D eigenvalue weighted by Crippen LogP contribution is 2.20. The second kappa shape index (κ2) is 9.25. The SMILES string of the molecule is O=C(COc1ccc(OCc2ccccc2)cc1)NC1CCC(O)CC1. The van der Waals surface area contributed by atoms with Crippen LogP contribution in [0.1, 0.15) is 31.2 Å². The molecule has 1 aliphatic carbocycles. The first kappa shape index (κ1) is 18.3. The molecule has 0 heterocycles. The van der Waals surface area contributed by atoms with Gasteiger partial charge in [0.1, 0.15) is 18.1 Å². The topological polar surface area (TPSA) is 67.8 Å². The number of amides is 1. The molecule has 0 atom stereocenters. The molecule has 1 aliphatic rings. The average molecular weight is 355 g/mol. The summed E-state index contributed by atoms with van der Waals surface area (Å²) < 4.78 is 11.3. The van der Waals surface area contributed by atoms with Gasteiger partial charge in [-0.2, -0.15) is 0 Å². The Morgan fingerprint density at radius 1 is 0.923 bits per heavy atom. The fourth-order valence-corrected chi connectivity index (χ4v) is 3.01. The Kier molecular flexibility index (Phi) is 6.50. The summed E-state index contributed by atoms with van der Waals surface area (Å²) in [4.78, 5) is 12.0. The Morgan fingerprint density at radius 3 is 2.19 bits per heavy atom. The van der Waals surface area contributed by atoms with Gasteiger partial charge in [0, 0.05) is 6.04 Å². The number of hydrogen-bond donors (Lipinski definition) is 2. The van der Waals surface area contributed by atoms with E-state index in [2.05, 4.69) is 5.32 Å². The fraction of sp³-hybridized carbons (Fsp3) is 0.381. The van der Waals surface area contributed by atoms with Crippen LogP contribution in [0.15, 0.2) is 54.6 Å². The lowest BCUT2D eigenvalue weighted by Crippen LogP contribution is -2.40. The molecule has 1 amide bonds. The minimum absolute atomic E-state index is 0.0106. The maximum Gasteiger partial charge on any atom is 0.258 e. The fourth-order valence-electron chi connectivity index (χ4n) is 3.01. The minimum Gasteiger partial charge on any atom is -0.489 e. The molecule has 5 heteroatoms. The van der Waals surface area contributed by atoms with E-state index in [0.717, 1.165) is 37.0 Å². The Balaban J connectivity index is 1.39. The number of aliphatic hydroxyl groups excluding tert-OH is 1. The molecule has 1 fully saturated rings. The molecule has 0 bridgehead atoms. The third-order valence-corrected chi connectivity index (χ3v) is 4.50. The smallest absolute Gasteiger partial charge is 0.258 e. The standard InChI is InChI=1S/C21H25NO4/c23-18-8-6-17(7-9-18)22-21(24)15-26-20-12-10-19(11-13-20)25-14-16-4-2-1-3-5-16/h1-5,10-13,17-18,23H,6-9,14-15H2,(H,22,24). The van der Waals surface area contributed by atoms with Crippen LogP contribution in [0.2, 0.25) is 0 Å². The largest absolute Gasteiger partial charge is 0.489 e. The number of ether oxygens (including phenoxy) is 2. The van der Waals surface area contributed by atoms with Crippen LogP contribution < -0.4 is 14.8 Å². The van der Waals surface area contributed by atoms with E-state index in [1.807, 2.05) is 42.5 Å². The van der Waals surface area contributed by atoms with E-state index in [-0.39, 0.29) is 24.7 Å². The molecule has 0 spiro atoms. The van der Waals surface area contributed by atoms with Gasteiger partial charge in [0.15, 0.2) is 6.61 Å². The Bertz CT molecular complexity index is 679. The highest BCUT2D eigenvalue weighted by Gasteiger charge is 2.20. The zero-order valence-corrected chi connectivity index (χ0v) is 14.8. The van der Waals surface area contributed by atoms with Crippen LogP contribution >= 0.6 is 0 Å². The van der Waals surface area contributed by atoms with Crippen molar-refractivity contribution in [2.24, 2.45) is 0 Å². The van der Waals surface area contributed by atoms with Crippen molar-refractivity contribution >= 4 is 5.91 Å². The van der Waals surface area contributed by atoms with Gasteiger partial charge in [0.25, 0.3) is 5.91 Å². The third kappa shape index (κ3) is 5.77. The number of carbonyl (C=O) groups excluding carboxylic acids is 1. The van der Waals surface area contributed by atoms with Crippen molar-refractivity contribution in [3.63, 3.8) is 0 Å². The molecular formula is C21H25NO4. The molecule has 3 rings (SSSR count). The van der Waals surface area contributed by atoms with Crippen LogP contribution in [0.3, 0.4) is 0 Å². The maximum absolute atomic E-state index is 12.0. The first-order chi connectivity index (χ1) is 12.7. The lowest BCUT2D eigenvalue weighted by Gasteiger charge is -2.26. The second-order valence-corrected chi connectivity index (χ2v) is 6.61. The van der Waals surface area contributed by atoms with E-state index < -0.39 is 0 Å². The van der Waals surface area contributed by atoms with Gasteiger partial charge in [-0.05, 0) is 55.5 Å². The van der Waals surface area contributed by atoms with E-state index in [0.29, 0.717) is 12.4 Å². The van der Waals surface area contributed by atoms with Crippen molar-refractivity contribution in [2.75, 3.05) is 6.61 Å². The van der Waals surface area contributed by atoms with Crippen LogP contribution in [0.25, 0.3) is 0 Å². The van der Waals surface area contributed by atoms with E-state index in [1.54, 1.807) is 12.1 Å². The van der Waals surface area contributed by atoms with Crippen LogP contribution in [-0.4, -0.2) is 29.8 Å². The zero-order valence-electron chi connectivity index (χ0n) is 14.8. The average Bonchev–Trinajstić information content (AvgIpc) is 2.68. The maximum atomic E-state index is 12.0. The quantitative estimate of drug-likeness (QED) is 0.801. The molecule has 1 saturated carbocycles. The predicted molar refractivity (Wildman–Crippen MR) is 99.1 cm³/mol. The zero-order chi connectivity index (χ0) is 18.2.